The van der Waals surface area contributed by atoms with Crippen LogP contribution >= 0.6 is 11.3 Å². The minimum absolute atomic E-state index is 0.0913. The number of carbonyl (C=O) groups excluding carboxylic acids is 2. The largest absolute Gasteiger partial charge is 0.481 e. The highest BCUT2D eigenvalue weighted by atomic mass is 32.1. The highest BCUT2D eigenvalue weighted by Crippen LogP contribution is 2.38. The molecule has 0 unspecified atom stereocenters. The third-order valence-corrected chi connectivity index (χ3v) is 11.8. The highest BCUT2D eigenvalue weighted by Gasteiger charge is 2.39. The van der Waals surface area contributed by atoms with Crippen LogP contribution in [0.15, 0.2) is 73.1 Å². The topological polar surface area (TPSA) is 112 Å². The fourth-order valence-corrected chi connectivity index (χ4v) is 8.09. The molecular weight excluding hydrogens is 645 g/mol. The van der Waals surface area contributed by atoms with Crippen LogP contribution in [-0.2, 0) is 21.4 Å². The van der Waals surface area contributed by atoms with Gasteiger partial charge in [-0.3, -0.25) is 14.4 Å². The molecule has 2 aliphatic rings. The lowest BCUT2D eigenvalue weighted by atomic mass is 9.77. The summed E-state index contributed by atoms with van der Waals surface area (Å²) in [6.07, 6.45) is 11.9. The lowest BCUT2D eigenvalue weighted by molar-refractivity contribution is -0.153. The molecule has 0 spiro atoms. The number of nitrogens with zero attached hydrogens (tertiary/aromatic N) is 3. The molecule has 2 aromatic heterocycles. The third-order valence-electron chi connectivity index (χ3n) is 10.3. The van der Waals surface area contributed by atoms with Crippen LogP contribution in [0.1, 0.15) is 97.8 Å². The van der Waals surface area contributed by atoms with Crippen molar-refractivity contribution in [1.29, 1.82) is 0 Å². The summed E-state index contributed by atoms with van der Waals surface area (Å²) in [4.78, 5) is 50.6. The first-order valence-electron chi connectivity index (χ1n) is 17.9. The normalized spacial score (nSPS) is 18.7. The molecule has 3 heterocycles. The van der Waals surface area contributed by atoms with Gasteiger partial charge < -0.3 is 15.3 Å². The van der Waals surface area contributed by atoms with E-state index in [1.165, 1.54) is 60.3 Å². The molecule has 2 aromatic carbocycles. The van der Waals surface area contributed by atoms with Crippen LogP contribution in [-0.4, -0.2) is 56.9 Å². The van der Waals surface area contributed by atoms with Gasteiger partial charge in [0.25, 0.3) is 5.91 Å². The predicted molar refractivity (Wildman–Crippen MR) is 198 cm³/mol. The smallest absolute Gasteiger partial charge is 0.310 e. The van der Waals surface area contributed by atoms with E-state index in [-0.39, 0.29) is 36.7 Å². The van der Waals surface area contributed by atoms with Gasteiger partial charge in [-0.25, -0.2) is 9.97 Å². The van der Waals surface area contributed by atoms with Gasteiger partial charge in [-0.1, -0.05) is 89.1 Å². The van der Waals surface area contributed by atoms with Gasteiger partial charge in [0.05, 0.1) is 10.8 Å². The number of carbonyl (C=O) groups is 3. The van der Waals surface area contributed by atoms with Crippen molar-refractivity contribution in [1.82, 2.24) is 20.2 Å². The maximum Gasteiger partial charge on any atom is 0.310 e. The Bertz CT molecular complexity index is 1780. The molecular formula is C41H48N4O4S. The van der Waals surface area contributed by atoms with Crippen LogP contribution in [0.4, 0.5) is 0 Å². The van der Waals surface area contributed by atoms with Crippen LogP contribution < -0.4 is 5.32 Å². The number of carboxylic acids is 1. The molecule has 2 N–H and O–H groups in total. The van der Waals surface area contributed by atoms with Crippen molar-refractivity contribution in [3.05, 3.63) is 93.9 Å². The van der Waals surface area contributed by atoms with Gasteiger partial charge in [-0.15, -0.1) is 11.3 Å². The Morgan fingerprint density at radius 1 is 0.880 bits per heavy atom. The van der Waals surface area contributed by atoms with Crippen molar-refractivity contribution >= 4 is 29.1 Å². The molecule has 1 atom stereocenters. The zero-order valence-electron chi connectivity index (χ0n) is 29.5. The molecule has 50 heavy (non-hydrogen) atoms. The number of carboxylic acid groups (broad SMARTS) is 1. The molecule has 262 valence electrons. The third kappa shape index (κ3) is 8.32. The number of aliphatic carboxylic acids is 1. The summed E-state index contributed by atoms with van der Waals surface area (Å²) in [7, 11) is 0. The molecule has 6 rings (SSSR count). The summed E-state index contributed by atoms with van der Waals surface area (Å²) in [5.41, 5.74) is 5.12. The average Bonchev–Trinajstić information content (AvgIpc) is 3.60. The standard InChI is InChI=1S/C41H48N4O4S/c1-5-6-26-7-11-28(12-8-26)29-15-17-30(18-16-29)32-22-42-37(43-23-32)31-13-9-27(10-14-31)21-34(39(47)45-24-33(25-45)40(48)49)44-38(46)35-19-20-36(50-35)41(2,3)4/h9-10,13-20,22-23,26,28,33-34H,5-8,11-12,21,24-25H2,1-4H3,(H,44,46)(H,48,49)/t26?,28?,34-/m0/s1. The summed E-state index contributed by atoms with van der Waals surface area (Å²) >= 11 is 1.42. The Morgan fingerprint density at radius 3 is 2.10 bits per heavy atom. The van der Waals surface area contributed by atoms with Gasteiger partial charge in [-0.2, -0.15) is 0 Å². The van der Waals surface area contributed by atoms with Crippen LogP contribution in [0.2, 0.25) is 0 Å². The molecule has 1 aliphatic heterocycles. The SMILES string of the molecule is CCCC1CCC(c2ccc(-c3cnc(-c4ccc(C[C@H](NC(=O)c5ccc(C(C)(C)C)s5)C(=O)N5CC(C(=O)O)C5)cc4)nc3)cc2)CC1. The predicted octanol–water partition coefficient (Wildman–Crippen LogP) is 8.13. The number of likely N-dealkylation sites (tertiary alicyclic amines) is 1. The number of hydrogen-bond acceptors (Lipinski definition) is 6. The maximum atomic E-state index is 13.5. The van der Waals surface area contributed by atoms with Gasteiger partial charge in [0.15, 0.2) is 5.82 Å². The van der Waals surface area contributed by atoms with Crippen molar-refractivity contribution in [3.63, 3.8) is 0 Å². The quantitative estimate of drug-likeness (QED) is 0.164. The Balaban J connectivity index is 1.10. The second-order valence-corrected chi connectivity index (χ2v) is 16.1. The first-order valence-corrected chi connectivity index (χ1v) is 18.7. The monoisotopic (exact) mass is 692 g/mol. The van der Waals surface area contributed by atoms with Crippen LogP contribution in [0.3, 0.4) is 0 Å². The molecule has 1 saturated carbocycles. The minimum atomic E-state index is -0.915. The summed E-state index contributed by atoms with van der Waals surface area (Å²) in [5, 5.41) is 12.3. The van der Waals surface area contributed by atoms with Crippen LogP contribution in [0.25, 0.3) is 22.5 Å². The number of aromatic nitrogens is 2. The summed E-state index contributed by atoms with van der Waals surface area (Å²) < 4.78 is 0. The molecule has 4 aromatic rings. The number of rotatable bonds is 11. The van der Waals surface area contributed by atoms with Gasteiger partial charge in [-0.05, 0) is 71.8 Å². The first kappa shape index (κ1) is 35.5. The Labute approximate surface area is 299 Å². The van der Waals surface area contributed by atoms with E-state index >= 15 is 0 Å². The second-order valence-electron chi connectivity index (χ2n) is 15.0. The van der Waals surface area contributed by atoms with Gasteiger partial charge in [0.1, 0.15) is 6.04 Å². The summed E-state index contributed by atoms with van der Waals surface area (Å²) in [6, 6.07) is 19.5. The van der Waals surface area contributed by atoms with Crippen molar-refractivity contribution in [3.8, 4) is 22.5 Å². The van der Waals surface area contributed by atoms with Gasteiger partial charge >= 0.3 is 5.97 Å². The van der Waals surface area contributed by atoms with Crippen molar-refractivity contribution in [2.45, 2.75) is 90.0 Å². The Hall–Kier alpha value is -4.37. The number of thiophene rings is 1. The van der Waals surface area contributed by atoms with Gasteiger partial charge in [0.2, 0.25) is 5.91 Å². The van der Waals surface area contributed by atoms with Crippen LogP contribution in [0.5, 0.6) is 0 Å². The molecule has 0 bridgehead atoms. The summed E-state index contributed by atoms with van der Waals surface area (Å²) in [6.45, 7) is 8.85. The molecule has 0 radical (unpaired) electrons. The van der Waals surface area contributed by atoms with E-state index in [4.69, 9.17) is 0 Å². The number of nitrogens with one attached hydrogen (secondary N) is 1. The van der Waals surface area contributed by atoms with E-state index in [1.807, 2.05) is 42.7 Å². The lowest BCUT2D eigenvalue weighted by Crippen LogP contribution is -2.59. The van der Waals surface area contributed by atoms with E-state index in [1.54, 1.807) is 6.07 Å². The molecule has 2 fully saturated rings. The van der Waals surface area contributed by atoms with Gasteiger partial charge in [0, 0.05) is 47.9 Å². The number of benzene rings is 2. The first-order chi connectivity index (χ1) is 24.0. The maximum absolute atomic E-state index is 13.5. The number of amides is 2. The van der Waals surface area contributed by atoms with Crippen molar-refractivity contribution in [2.24, 2.45) is 11.8 Å². The zero-order valence-corrected chi connectivity index (χ0v) is 30.3. The minimum Gasteiger partial charge on any atom is -0.481 e. The Kier molecular flexibility index (Phi) is 10.8. The fourth-order valence-electron chi connectivity index (χ4n) is 7.12. The Morgan fingerprint density at radius 2 is 1.52 bits per heavy atom. The molecule has 9 heteroatoms. The number of hydrogen-bond donors (Lipinski definition) is 2. The molecule has 2 amide bonds. The highest BCUT2D eigenvalue weighted by molar-refractivity contribution is 7.14. The fraction of sp³-hybridized carbons (Fsp3) is 0.439. The van der Waals surface area contributed by atoms with Crippen molar-refractivity contribution in [2.75, 3.05) is 13.1 Å². The van der Waals surface area contributed by atoms with E-state index in [9.17, 15) is 19.5 Å². The molecule has 1 aliphatic carbocycles. The molecule has 1 saturated heterocycles. The van der Waals surface area contributed by atoms with E-state index in [0.717, 1.165) is 33.0 Å². The molecule has 8 nitrogen and oxygen atoms in total. The summed E-state index contributed by atoms with van der Waals surface area (Å²) in [5.74, 6) is 0.0853. The second kappa shape index (κ2) is 15.3. The van der Waals surface area contributed by atoms with E-state index in [2.05, 4.69) is 67.2 Å². The van der Waals surface area contributed by atoms with E-state index in [0.29, 0.717) is 16.6 Å². The van der Waals surface area contributed by atoms with Crippen molar-refractivity contribution < 1.29 is 19.5 Å². The zero-order chi connectivity index (χ0) is 35.4. The average molecular weight is 693 g/mol. The van der Waals surface area contributed by atoms with E-state index < -0.39 is 17.9 Å². The van der Waals surface area contributed by atoms with Crippen LogP contribution in [0, 0.1) is 11.8 Å². The lowest BCUT2D eigenvalue weighted by Gasteiger charge is -2.38.